The Balaban J connectivity index is 1.94. The third-order valence-electron chi connectivity index (χ3n) is 3.33. The molecule has 0 aliphatic heterocycles. The summed E-state index contributed by atoms with van der Waals surface area (Å²) in [6.07, 6.45) is 0. The number of thiocarbonyl (C=S) groups is 1. The number of rotatable bonds is 5. The van der Waals surface area contributed by atoms with E-state index in [1.54, 1.807) is 42.5 Å². The molecule has 5 nitrogen and oxygen atoms in total. The monoisotopic (exact) mass is 358 g/mol. The number of hydrogen-bond donors (Lipinski definition) is 3. The van der Waals surface area contributed by atoms with Gasteiger partial charge in [0.2, 0.25) is 0 Å². The number of benzene rings is 2. The molecule has 2 aromatic carbocycles. The topological polar surface area (TPSA) is 70.6 Å². The first-order valence-electron chi connectivity index (χ1n) is 8.00. The summed E-state index contributed by atoms with van der Waals surface area (Å²) in [7, 11) is 0. The molecule has 2 aromatic rings. The Morgan fingerprint density at radius 3 is 2.52 bits per heavy atom. The van der Waals surface area contributed by atoms with Gasteiger partial charge >= 0.3 is 0 Å². The van der Waals surface area contributed by atoms with Gasteiger partial charge in [-0.2, -0.15) is 0 Å². The van der Waals surface area contributed by atoms with Crippen molar-refractivity contribution in [2.75, 3.05) is 11.9 Å². The first-order chi connectivity index (χ1) is 11.8. The van der Waals surface area contributed by atoms with Crippen molar-refractivity contribution in [3.8, 4) is 11.5 Å². The quantitative estimate of drug-likeness (QED) is 0.559. The fourth-order valence-corrected chi connectivity index (χ4v) is 2.25. The molecule has 2 rings (SSSR count). The predicted octanol–water partition coefficient (Wildman–Crippen LogP) is 3.86. The normalized spacial score (nSPS) is 10.4. The van der Waals surface area contributed by atoms with E-state index in [0.29, 0.717) is 23.8 Å². The van der Waals surface area contributed by atoms with Crippen LogP contribution in [0.5, 0.6) is 11.5 Å². The second-order valence-electron chi connectivity index (χ2n) is 6.16. The Labute approximate surface area is 153 Å². The van der Waals surface area contributed by atoms with E-state index in [1.807, 2.05) is 6.92 Å². The number of nitrogens with one attached hydrogen (secondary N) is 2. The summed E-state index contributed by atoms with van der Waals surface area (Å²) < 4.78 is 5.59. The van der Waals surface area contributed by atoms with Crippen LogP contribution in [0.2, 0.25) is 0 Å². The molecule has 6 heteroatoms. The highest BCUT2D eigenvalue weighted by molar-refractivity contribution is 7.80. The van der Waals surface area contributed by atoms with Crippen molar-refractivity contribution in [1.29, 1.82) is 0 Å². The molecule has 0 aromatic heterocycles. The molecule has 25 heavy (non-hydrogen) atoms. The largest absolute Gasteiger partial charge is 0.506 e. The maximum Gasteiger partial charge on any atom is 0.257 e. The van der Waals surface area contributed by atoms with Crippen molar-refractivity contribution in [1.82, 2.24) is 5.32 Å². The Morgan fingerprint density at radius 2 is 1.88 bits per heavy atom. The molecule has 0 aliphatic carbocycles. The highest BCUT2D eigenvalue weighted by atomic mass is 32.1. The van der Waals surface area contributed by atoms with Crippen LogP contribution in [0.4, 0.5) is 5.69 Å². The minimum atomic E-state index is -0.333. The summed E-state index contributed by atoms with van der Waals surface area (Å²) in [5.74, 6) is 0.883. The van der Waals surface area contributed by atoms with Gasteiger partial charge in [-0.05, 0) is 67.0 Å². The summed E-state index contributed by atoms with van der Waals surface area (Å²) in [6.45, 7) is 6.66. The SMILES string of the molecule is Cc1ccc(O)c(NC(=S)NC(=O)c2ccc(OCC(C)C)cc2)c1. The predicted molar refractivity (Wildman–Crippen MR) is 103 cm³/mol. The molecule has 0 radical (unpaired) electrons. The van der Waals surface area contributed by atoms with E-state index in [2.05, 4.69) is 24.5 Å². The van der Waals surface area contributed by atoms with Crippen LogP contribution in [0.15, 0.2) is 42.5 Å². The number of carbonyl (C=O) groups is 1. The van der Waals surface area contributed by atoms with Gasteiger partial charge in [0, 0.05) is 5.56 Å². The number of aromatic hydroxyl groups is 1. The third kappa shape index (κ3) is 5.76. The number of hydrogen-bond acceptors (Lipinski definition) is 4. The first kappa shape index (κ1) is 18.7. The molecule has 1 amide bonds. The average Bonchev–Trinajstić information content (AvgIpc) is 2.56. The zero-order valence-corrected chi connectivity index (χ0v) is 15.3. The van der Waals surface area contributed by atoms with Gasteiger partial charge in [0.05, 0.1) is 12.3 Å². The lowest BCUT2D eigenvalue weighted by Crippen LogP contribution is -2.34. The summed E-state index contributed by atoms with van der Waals surface area (Å²) in [5.41, 5.74) is 1.88. The number of phenols is 1. The van der Waals surface area contributed by atoms with Gasteiger partial charge in [0.15, 0.2) is 5.11 Å². The van der Waals surface area contributed by atoms with E-state index >= 15 is 0 Å². The van der Waals surface area contributed by atoms with Crippen molar-refractivity contribution in [2.45, 2.75) is 20.8 Å². The van der Waals surface area contributed by atoms with Crippen molar-refractivity contribution >= 4 is 28.9 Å². The number of aryl methyl sites for hydroxylation is 1. The molecule has 0 unspecified atom stereocenters. The van der Waals surface area contributed by atoms with Crippen molar-refractivity contribution in [2.24, 2.45) is 5.92 Å². The molecule has 0 heterocycles. The molecule has 0 atom stereocenters. The summed E-state index contributed by atoms with van der Waals surface area (Å²) in [5, 5.41) is 15.3. The lowest BCUT2D eigenvalue weighted by molar-refractivity contribution is 0.0977. The summed E-state index contributed by atoms with van der Waals surface area (Å²) in [4.78, 5) is 12.2. The number of anilines is 1. The molecule has 0 aliphatic rings. The van der Waals surface area contributed by atoms with E-state index in [0.717, 1.165) is 11.3 Å². The number of ether oxygens (including phenoxy) is 1. The van der Waals surface area contributed by atoms with Gasteiger partial charge in [-0.3, -0.25) is 10.1 Å². The Morgan fingerprint density at radius 1 is 1.20 bits per heavy atom. The fraction of sp³-hybridized carbons (Fsp3) is 0.263. The van der Waals surface area contributed by atoms with Gasteiger partial charge in [-0.25, -0.2) is 0 Å². The molecular weight excluding hydrogens is 336 g/mol. The summed E-state index contributed by atoms with van der Waals surface area (Å²) in [6, 6.07) is 12.0. The highest BCUT2D eigenvalue weighted by Gasteiger charge is 2.10. The average molecular weight is 358 g/mol. The van der Waals surface area contributed by atoms with Gasteiger partial charge in [-0.1, -0.05) is 19.9 Å². The zero-order valence-electron chi connectivity index (χ0n) is 14.5. The van der Waals surface area contributed by atoms with Crippen LogP contribution < -0.4 is 15.4 Å². The van der Waals surface area contributed by atoms with Crippen molar-refractivity contribution in [3.63, 3.8) is 0 Å². The lowest BCUT2D eigenvalue weighted by atomic mass is 10.2. The Kier molecular flexibility index (Phi) is 6.36. The smallest absolute Gasteiger partial charge is 0.257 e. The van der Waals surface area contributed by atoms with Crippen LogP contribution in [0, 0.1) is 12.8 Å². The second kappa shape index (κ2) is 8.48. The fourth-order valence-electron chi connectivity index (χ4n) is 2.04. The molecule has 0 fully saturated rings. The third-order valence-corrected chi connectivity index (χ3v) is 3.53. The standard InChI is InChI=1S/C19H22N2O3S/c1-12(2)11-24-15-7-5-14(6-8-15)18(23)21-19(25)20-16-10-13(3)4-9-17(16)22/h4-10,12,22H,11H2,1-3H3,(H2,20,21,23,25). The van der Waals surface area contributed by atoms with Gasteiger partial charge in [0.1, 0.15) is 11.5 Å². The van der Waals surface area contributed by atoms with Crippen LogP contribution in [-0.2, 0) is 0 Å². The molecular formula is C19H22N2O3S. The maximum atomic E-state index is 12.2. The van der Waals surface area contributed by atoms with Crippen molar-refractivity contribution in [3.05, 3.63) is 53.6 Å². The molecule has 0 saturated carbocycles. The van der Waals surface area contributed by atoms with Gasteiger partial charge in [0.25, 0.3) is 5.91 Å². The van der Waals surface area contributed by atoms with Crippen molar-refractivity contribution < 1.29 is 14.6 Å². The van der Waals surface area contributed by atoms with Crippen LogP contribution >= 0.6 is 12.2 Å². The van der Waals surface area contributed by atoms with Crippen LogP contribution in [0.1, 0.15) is 29.8 Å². The van der Waals surface area contributed by atoms with E-state index in [9.17, 15) is 9.90 Å². The van der Waals surface area contributed by atoms with Crippen LogP contribution in [-0.4, -0.2) is 22.7 Å². The minimum Gasteiger partial charge on any atom is -0.506 e. The zero-order chi connectivity index (χ0) is 18.4. The van der Waals surface area contributed by atoms with Crippen LogP contribution in [0.25, 0.3) is 0 Å². The highest BCUT2D eigenvalue weighted by Crippen LogP contribution is 2.23. The minimum absolute atomic E-state index is 0.0638. The van der Waals surface area contributed by atoms with E-state index < -0.39 is 0 Å². The number of phenolic OH excluding ortho intramolecular Hbond substituents is 1. The van der Waals surface area contributed by atoms with E-state index in [1.165, 1.54) is 0 Å². The number of amides is 1. The molecule has 132 valence electrons. The Hall–Kier alpha value is -2.60. The van der Waals surface area contributed by atoms with Crippen LogP contribution in [0.3, 0.4) is 0 Å². The molecule has 3 N–H and O–H groups in total. The first-order valence-corrected chi connectivity index (χ1v) is 8.41. The Bertz CT molecular complexity index is 758. The van der Waals surface area contributed by atoms with E-state index in [-0.39, 0.29) is 16.8 Å². The van der Waals surface area contributed by atoms with E-state index in [4.69, 9.17) is 17.0 Å². The molecule has 0 saturated heterocycles. The van der Waals surface area contributed by atoms with Gasteiger partial charge in [-0.15, -0.1) is 0 Å². The maximum absolute atomic E-state index is 12.2. The van der Waals surface area contributed by atoms with Gasteiger partial charge < -0.3 is 15.2 Å². The second-order valence-corrected chi connectivity index (χ2v) is 6.57. The number of carbonyl (C=O) groups excluding carboxylic acids is 1. The lowest BCUT2D eigenvalue weighted by Gasteiger charge is -2.12. The molecule has 0 spiro atoms. The molecule has 0 bridgehead atoms. The summed E-state index contributed by atoms with van der Waals surface area (Å²) >= 11 is 5.13.